The molecular formula is C32H40F2N8O2S2. The Morgan fingerprint density at radius 1 is 1.13 bits per heavy atom. The number of hydrogen-bond acceptors (Lipinski definition) is 9. The summed E-state index contributed by atoms with van der Waals surface area (Å²) < 4.78 is 60.5. The first-order valence-electron chi connectivity index (χ1n) is 15.6. The Bertz CT molecular complexity index is 1790. The van der Waals surface area contributed by atoms with Gasteiger partial charge in [-0.15, -0.1) is 11.3 Å². The van der Waals surface area contributed by atoms with E-state index in [0.29, 0.717) is 46.1 Å². The van der Waals surface area contributed by atoms with E-state index in [2.05, 4.69) is 25.2 Å². The number of nitrogens with zero attached hydrogens (tertiary/aromatic N) is 5. The lowest BCUT2D eigenvalue weighted by Gasteiger charge is -2.37. The minimum atomic E-state index is -3.90. The molecule has 0 spiro atoms. The summed E-state index contributed by atoms with van der Waals surface area (Å²) in [5.41, 5.74) is 1.91. The van der Waals surface area contributed by atoms with Gasteiger partial charge in [-0.25, -0.2) is 23.7 Å². The molecule has 2 aromatic heterocycles. The average Bonchev–Trinajstić information content (AvgIpc) is 3.56. The smallest absolute Gasteiger partial charge is 0.301 e. The number of benzene rings is 1. The molecule has 2 unspecified atom stereocenters. The Morgan fingerprint density at radius 3 is 2.54 bits per heavy atom. The van der Waals surface area contributed by atoms with E-state index in [0.717, 1.165) is 35.2 Å². The maximum atomic E-state index is 16.1. The number of nitrogens with one attached hydrogen (secondary N) is 3. The van der Waals surface area contributed by atoms with Crippen LogP contribution >= 0.6 is 11.3 Å². The summed E-state index contributed by atoms with van der Waals surface area (Å²) in [4.78, 5) is 16.8. The molecule has 10 nitrogen and oxygen atoms in total. The van der Waals surface area contributed by atoms with Gasteiger partial charge in [-0.3, -0.25) is 4.72 Å². The molecular weight excluding hydrogens is 631 g/mol. The second kappa shape index (κ2) is 12.6. The van der Waals surface area contributed by atoms with Crippen LogP contribution in [-0.2, 0) is 15.6 Å². The van der Waals surface area contributed by atoms with Gasteiger partial charge in [-0.2, -0.15) is 12.7 Å². The quantitative estimate of drug-likeness (QED) is 0.259. The van der Waals surface area contributed by atoms with Crippen molar-refractivity contribution in [3.05, 3.63) is 64.6 Å². The van der Waals surface area contributed by atoms with Crippen LogP contribution in [-0.4, -0.2) is 66.4 Å². The number of halogens is 2. The van der Waals surface area contributed by atoms with Gasteiger partial charge in [-0.05, 0) is 49.9 Å². The number of rotatable bonds is 9. The highest BCUT2D eigenvalue weighted by molar-refractivity contribution is 7.87. The Kier molecular flexibility index (Phi) is 8.91. The molecule has 246 valence electrons. The highest BCUT2D eigenvalue weighted by Crippen LogP contribution is 2.43. The summed E-state index contributed by atoms with van der Waals surface area (Å²) in [5.74, 6) is -0.706. The van der Waals surface area contributed by atoms with Gasteiger partial charge in [0.2, 0.25) is 5.95 Å². The van der Waals surface area contributed by atoms with Gasteiger partial charge in [0.05, 0.1) is 32.7 Å². The van der Waals surface area contributed by atoms with Crippen LogP contribution in [0.25, 0.3) is 16.1 Å². The second-order valence-corrected chi connectivity index (χ2v) is 15.7. The third kappa shape index (κ3) is 6.40. The van der Waals surface area contributed by atoms with Gasteiger partial charge in [0.25, 0.3) is 0 Å². The maximum Gasteiger partial charge on any atom is 0.301 e. The van der Waals surface area contributed by atoms with Crippen LogP contribution in [0.4, 0.5) is 26.1 Å². The molecule has 3 aromatic rings. The van der Waals surface area contributed by atoms with Crippen LogP contribution in [0.2, 0.25) is 0 Å². The van der Waals surface area contributed by atoms with Crippen LogP contribution < -0.4 is 20.3 Å². The average molecular weight is 671 g/mol. The van der Waals surface area contributed by atoms with Gasteiger partial charge < -0.3 is 15.5 Å². The molecule has 2 bridgehead atoms. The zero-order valence-electron chi connectivity index (χ0n) is 26.7. The van der Waals surface area contributed by atoms with Crippen molar-refractivity contribution in [2.45, 2.75) is 70.9 Å². The zero-order valence-corrected chi connectivity index (χ0v) is 28.3. The van der Waals surface area contributed by atoms with Crippen molar-refractivity contribution in [3.8, 4) is 10.6 Å². The predicted molar refractivity (Wildman–Crippen MR) is 179 cm³/mol. The Hall–Kier alpha value is -3.46. The largest absolute Gasteiger partial charge is 0.361 e. The summed E-state index contributed by atoms with van der Waals surface area (Å²) in [6, 6.07) is 7.43. The SMILES string of the molecule is CCN(C)S(=O)(=O)NC1=C(F)C(c2nc(C(C)(C)C)sc2-c2ccnc(Nc3ccc(N4C5CCC4CNC5)c(F)c3)n2)=CCC1. The van der Waals surface area contributed by atoms with Crippen molar-refractivity contribution >= 4 is 44.4 Å². The molecule has 14 heteroatoms. The summed E-state index contributed by atoms with van der Waals surface area (Å²) >= 11 is 1.40. The predicted octanol–water partition coefficient (Wildman–Crippen LogP) is 5.87. The molecule has 1 aliphatic carbocycles. The summed E-state index contributed by atoms with van der Waals surface area (Å²) in [6.07, 6.45) is 6.10. The van der Waals surface area contributed by atoms with E-state index in [9.17, 15) is 8.42 Å². The monoisotopic (exact) mass is 670 g/mol. The number of piperazine rings is 1. The summed E-state index contributed by atoms with van der Waals surface area (Å²) in [5, 5.41) is 7.33. The molecule has 4 heterocycles. The van der Waals surface area contributed by atoms with Crippen molar-refractivity contribution in [2.75, 3.05) is 36.9 Å². The van der Waals surface area contributed by atoms with Crippen molar-refractivity contribution in [3.63, 3.8) is 0 Å². The van der Waals surface area contributed by atoms with Gasteiger partial charge in [0.1, 0.15) is 5.82 Å². The number of fused-ring (bicyclic) bond motifs is 2. The molecule has 3 aliphatic rings. The van der Waals surface area contributed by atoms with Crippen molar-refractivity contribution in [1.29, 1.82) is 0 Å². The first-order chi connectivity index (χ1) is 21.9. The highest BCUT2D eigenvalue weighted by atomic mass is 32.2. The third-order valence-electron chi connectivity index (χ3n) is 8.63. The van der Waals surface area contributed by atoms with Gasteiger partial charge in [-0.1, -0.05) is 33.8 Å². The fourth-order valence-corrected chi connectivity index (χ4v) is 8.17. The highest BCUT2D eigenvalue weighted by Gasteiger charge is 2.37. The molecule has 6 rings (SSSR count). The van der Waals surface area contributed by atoms with Crippen molar-refractivity contribution in [2.24, 2.45) is 0 Å². The van der Waals surface area contributed by atoms with Crippen molar-refractivity contribution in [1.82, 2.24) is 29.3 Å². The number of allylic oxidation sites excluding steroid dienone is 4. The van der Waals surface area contributed by atoms with Crippen LogP contribution in [0, 0.1) is 5.82 Å². The topological polar surface area (TPSA) is 115 Å². The lowest BCUT2D eigenvalue weighted by molar-refractivity contribution is 0.475. The minimum Gasteiger partial charge on any atom is -0.361 e. The Labute approximate surface area is 273 Å². The molecule has 46 heavy (non-hydrogen) atoms. The van der Waals surface area contributed by atoms with E-state index in [1.165, 1.54) is 24.5 Å². The van der Waals surface area contributed by atoms with Gasteiger partial charge >= 0.3 is 10.2 Å². The number of thiazole rings is 1. The molecule has 2 fully saturated rings. The number of aromatic nitrogens is 3. The normalized spacial score (nSPS) is 20.3. The summed E-state index contributed by atoms with van der Waals surface area (Å²) in [7, 11) is -2.46. The maximum absolute atomic E-state index is 16.1. The van der Waals surface area contributed by atoms with E-state index in [1.54, 1.807) is 25.3 Å². The molecule has 1 aromatic carbocycles. The zero-order chi connectivity index (χ0) is 32.8. The molecule has 2 atom stereocenters. The molecule has 0 radical (unpaired) electrons. The Balaban J connectivity index is 1.31. The minimum absolute atomic E-state index is 0.00148. The first kappa shape index (κ1) is 32.5. The first-order valence-corrected chi connectivity index (χ1v) is 17.9. The standard InChI is InChI=1S/C32H40F2N8O2S2/c1-6-41(5)46(43,44)40-24-9-7-8-22(27(24)34)28-29(45-30(39-28)32(2,3)4)25-14-15-36-31(38-25)37-19-10-13-26(23(33)16-19)42-20-11-12-21(42)18-35-17-20/h8,10,13-16,20-21,35,40H,6-7,9,11-12,17-18H2,1-5H3,(H,36,37,38). The fourth-order valence-electron chi connectivity index (χ4n) is 6.06. The molecule has 0 amide bonds. The van der Waals surface area contributed by atoms with Crippen LogP contribution in [0.5, 0.6) is 0 Å². The second-order valence-electron chi connectivity index (χ2n) is 12.9. The van der Waals surface area contributed by atoms with Crippen molar-refractivity contribution < 1.29 is 17.2 Å². The molecule has 2 saturated heterocycles. The molecule has 3 N–H and O–H groups in total. The van der Waals surface area contributed by atoms with E-state index >= 15 is 8.78 Å². The lowest BCUT2D eigenvalue weighted by atomic mass is 9.97. The van der Waals surface area contributed by atoms with Gasteiger partial charge in [0, 0.05) is 61.6 Å². The van der Waals surface area contributed by atoms with E-state index in [-0.39, 0.29) is 41.4 Å². The van der Waals surface area contributed by atoms with E-state index in [1.807, 2.05) is 32.9 Å². The third-order valence-corrected chi connectivity index (χ3v) is 11.7. The van der Waals surface area contributed by atoms with Crippen LogP contribution in [0.15, 0.2) is 48.1 Å². The summed E-state index contributed by atoms with van der Waals surface area (Å²) in [6.45, 7) is 9.75. The Morgan fingerprint density at radius 2 is 1.87 bits per heavy atom. The number of hydrogen-bond donors (Lipinski definition) is 3. The lowest BCUT2D eigenvalue weighted by Crippen LogP contribution is -2.52. The number of anilines is 3. The van der Waals surface area contributed by atoms with Gasteiger partial charge in [0.15, 0.2) is 5.83 Å². The van der Waals surface area contributed by atoms with E-state index < -0.39 is 16.0 Å². The molecule has 2 aliphatic heterocycles. The fraction of sp³-hybridized carbons (Fsp3) is 0.469. The van der Waals surface area contributed by atoms with Crippen LogP contribution in [0.1, 0.15) is 64.1 Å². The van der Waals surface area contributed by atoms with Crippen LogP contribution in [0.3, 0.4) is 0 Å². The molecule has 0 saturated carbocycles. The van der Waals surface area contributed by atoms with E-state index in [4.69, 9.17) is 9.97 Å².